The van der Waals surface area contributed by atoms with Crippen LogP contribution in [0.5, 0.6) is 0 Å². The number of aliphatic hydroxyl groups is 2. The number of carboxylic acid groups (broad SMARTS) is 1. The van der Waals surface area contributed by atoms with Gasteiger partial charge in [-0.05, 0) is 0 Å². The van der Waals surface area contributed by atoms with Gasteiger partial charge in [0.05, 0.1) is 26.1 Å². The molecule has 0 saturated carbocycles. The lowest BCUT2D eigenvalue weighted by atomic mass is 10.1. The second-order valence-corrected chi connectivity index (χ2v) is 5.49. The fourth-order valence-corrected chi connectivity index (χ4v) is 1.91. The second-order valence-electron chi connectivity index (χ2n) is 5.49. The van der Waals surface area contributed by atoms with Gasteiger partial charge in [-0.2, -0.15) is 0 Å². The van der Waals surface area contributed by atoms with Crippen molar-refractivity contribution in [2.75, 3.05) is 19.8 Å². The zero-order valence-electron chi connectivity index (χ0n) is 14.2. The molecule has 1 aromatic heterocycles. The maximum Gasteiger partial charge on any atom is 0.326 e. The number of hydrogen-bond donors (Lipinski definition) is 8. The van der Waals surface area contributed by atoms with E-state index in [-0.39, 0.29) is 6.42 Å². The molecule has 0 bridgehead atoms. The first-order valence-electron chi connectivity index (χ1n) is 7.83. The Balaban J connectivity index is 2.57. The van der Waals surface area contributed by atoms with Crippen molar-refractivity contribution in [3.8, 4) is 0 Å². The van der Waals surface area contributed by atoms with Crippen LogP contribution in [-0.2, 0) is 25.6 Å². The third-order valence-corrected chi connectivity index (χ3v) is 3.38. The number of carbonyl (C=O) groups excluding carboxylic acids is 3. The zero-order chi connectivity index (χ0) is 20.4. The molecule has 0 spiro atoms. The normalized spacial score (nSPS) is 13.9. The molecule has 0 radical (unpaired) electrons. The Morgan fingerprint density at radius 3 is 2.33 bits per heavy atom. The number of aliphatic carboxylic acids is 1. The van der Waals surface area contributed by atoms with Crippen LogP contribution >= 0.6 is 0 Å². The Hall–Kier alpha value is -3.03. The van der Waals surface area contributed by atoms with Gasteiger partial charge in [0.15, 0.2) is 0 Å². The number of carboxylic acids is 1. The summed E-state index contributed by atoms with van der Waals surface area (Å²) in [4.78, 5) is 53.0. The minimum atomic E-state index is -1.43. The van der Waals surface area contributed by atoms with Gasteiger partial charge in [0.1, 0.15) is 18.1 Å². The van der Waals surface area contributed by atoms with Crippen molar-refractivity contribution in [1.82, 2.24) is 25.9 Å². The fraction of sp³-hybridized carbons (Fsp3) is 0.500. The average Bonchev–Trinajstić information content (AvgIpc) is 3.15. The highest BCUT2D eigenvalue weighted by Crippen LogP contribution is 1.99. The lowest BCUT2D eigenvalue weighted by Gasteiger charge is -2.20. The molecule has 0 aliphatic carbocycles. The molecule has 3 atom stereocenters. The highest BCUT2D eigenvalue weighted by Gasteiger charge is 2.27. The molecular weight excluding hydrogens is 364 g/mol. The first kappa shape index (κ1) is 22.0. The SMILES string of the molecule is NC(CO)C(=O)NCC(=O)NC(CO)C(=O)NC(Cc1cnc[nH]1)C(=O)O. The number of imidazole rings is 1. The number of H-pyrrole nitrogens is 1. The van der Waals surface area contributed by atoms with Crippen LogP contribution in [-0.4, -0.2) is 86.9 Å². The van der Waals surface area contributed by atoms with E-state index in [1.165, 1.54) is 12.5 Å². The van der Waals surface area contributed by atoms with Crippen LogP contribution in [0.3, 0.4) is 0 Å². The van der Waals surface area contributed by atoms with E-state index in [4.69, 9.17) is 10.8 Å². The standard InChI is InChI=1S/C14H22N6O7/c15-8(4-21)12(24)17-3-11(23)19-10(5-22)13(25)20-9(14(26)27)1-7-2-16-6-18-7/h2,6,8-10,21-22H,1,3-5,15H2,(H,16,18)(H,17,24)(H,19,23)(H,20,25)(H,26,27). The molecular formula is C14H22N6O7. The molecule has 0 aromatic carbocycles. The molecule has 1 aromatic rings. The van der Waals surface area contributed by atoms with E-state index in [1.807, 2.05) is 0 Å². The number of nitrogens with two attached hydrogens (primary N) is 1. The van der Waals surface area contributed by atoms with Gasteiger partial charge in [-0.15, -0.1) is 0 Å². The Labute approximate surface area is 153 Å². The molecule has 27 heavy (non-hydrogen) atoms. The molecule has 1 rings (SSSR count). The summed E-state index contributed by atoms with van der Waals surface area (Å²) in [5.41, 5.74) is 5.72. The molecule has 1 heterocycles. The zero-order valence-corrected chi connectivity index (χ0v) is 14.2. The summed E-state index contributed by atoms with van der Waals surface area (Å²) in [6.45, 7) is -1.95. The number of amides is 3. The molecule has 13 heteroatoms. The van der Waals surface area contributed by atoms with Crippen molar-refractivity contribution in [2.24, 2.45) is 5.73 Å². The summed E-state index contributed by atoms with van der Waals surface area (Å²) in [5, 5.41) is 33.7. The van der Waals surface area contributed by atoms with Gasteiger partial charge < -0.3 is 42.0 Å². The highest BCUT2D eigenvalue weighted by molar-refractivity contribution is 5.92. The maximum atomic E-state index is 12.1. The largest absolute Gasteiger partial charge is 0.480 e. The molecule has 150 valence electrons. The highest BCUT2D eigenvalue weighted by atomic mass is 16.4. The lowest BCUT2D eigenvalue weighted by molar-refractivity contribution is -0.142. The van der Waals surface area contributed by atoms with Gasteiger partial charge in [0, 0.05) is 18.3 Å². The summed E-state index contributed by atoms with van der Waals surface area (Å²) in [6, 6.07) is -3.94. The number of aromatic nitrogens is 2. The smallest absolute Gasteiger partial charge is 0.326 e. The number of hydrogen-bond acceptors (Lipinski definition) is 8. The Morgan fingerprint density at radius 2 is 1.81 bits per heavy atom. The van der Waals surface area contributed by atoms with Crippen LogP contribution in [0, 0.1) is 0 Å². The topological polar surface area (TPSA) is 220 Å². The van der Waals surface area contributed by atoms with Crippen molar-refractivity contribution in [3.63, 3.8) is 0 Å². The number of nitrogens with one attached hydrogen (secondary N) is 4. The first-order valence-corrected chi connectivity index (χ1v) is 7.83. The lowest BCUT2D eigenvalue weighted by Crippen LogP contribution is -2.55. The number of rotatable bonds is 11. The van der Waals surface area contributed by atoms with Crippen LogP contribution < -0.4 is 21.7 Å². The van der Waals surface area contributed by atoms with Crippen LogP contribution in [0.25, 0.3) is 0 Å². The third kappa shape index (κ3) is 7.39. The average molecular weight is 386 g/mol. The number of carbonyl (C=O) groups is 4. The van der Waals surface area contributed by atoms with E-state index in [2.05, 4.69) is 25.9 Å². The molecule has 0 fully saturated rings. The molecule has 3 amide bonds. The summed E-state index contributed by atoms with van der Waals surface area (Å²) < 4.78 is 0. The molecule has 0 aliphatic rings. The quantitative estimate of drug-likeness (QED) is 0.183. The Bertz CT molecular complexity index is 650. The molecule has 0 saturated heterocycles. The minimum absolute atomic E-state index is 0.0811. The summed E-state index contributed by atoms with van der Waals surface area (Å²) in [5.74, 6) is -3.83. The van der Waals surface area contributed by atoms with E-state index in [0.29, 0.717) is 5.69 Å². The predicted molar refractivity (Wildman–Crippen MR) is 88.9 cm³/mol. The van der Waals surface area contributed by atoms with Crippen LogP contribution in [0.1, 0.15) is 5.69 Å². The molecule has 9 N–H and O–H groups in total. The van der Waals surface area contributed by atoms with E-state index >= 15 is 0 Å². The number of aromatic amines is 1. The second kappa shape index (κ2) is 10.8. The van der Waals surface area contributed by atoms with Gasteiger partial charge in [-0.1, -0.05) is 0 Å². The number of nitrogens with zero attached hydrogens (tertiary/aromatic N) is 1. The summed E-state index contributed by atoms with van der Waals surface area (Å²) in [6.07, 6.45) is 2.67. The minimum Gasteiger partial charge on any atom is -0.480 e. The van der Waals surface area contributed by atoms with E-state index < -0.39 is 61.6 Å². The molecule has 13 nitrogen and oxygen atoms in total. The van der Waals surface area contributed by atoms with E-state index in [1.54, 1.807) is 0 Å². The Kier molecular flexibility index (Phi) is 8.84. The fourth-order valence-electron chi connectivity index (χ4n) is 1.91. The molecule has 3 unspecified atom stereocenters. The first-order chi connectivity index (χ1) is 12.8. The molecule has 0 aliphatic heterocycles. The van der Waals surface area contributed by atoms with E-state index in [9.17, 15) is 29.4 Å². The van der Waals surface area contributed by atoms with Crippen molar-refractivity contribution in [3.05, 3.63) is 18.2 Å². The summed E-state index contributed by atoms with van der Waals surface area (Å²) >= 11 is 0. The van der Waals surface area contributed by atoms with Gasteiger partial charge in [-0.3, -0.25) is 14.4 Å². The third-order valence-electron chi connectivity index (χ3n) is 3.38. The monoisotopic (exact) mass is 386 g/mol. The van der Waals surface area contributed by atoms with Crippen molar-refractivity contribution >= 4 is 23.7 Å². The van der Waals surface area contributed by atoms with Gasteiger partial charge in [-0.25, -0.2) is 9.78 Å². The van der Waals surface area contributed by atoms with Crippen LogP contribution in [0.4, 0.5) is 0 Å². The van der Waals surface area contributed by atoms with Gasteiger partial charge in [0.2, 0.25) is 17.7 Å². The van der Waals surface area contributed by atoms with Crippen molar-refractivity contribution in [1.29, 1.82) is 0 Å². The van der Waals surface area contributed by atoms with Gasteiger partial charge >= 0.3 is 5.97 Å². The van der Waals surface area contributed by atoms with Crippen LogP contribution in [0.2, 0.25) is 0 Å². The van der Waals surface area contributed by atoms with Crippen molar-refractivity contribution in [2.45, 2.75) is 24.5 Å². The predicted octanol–water partition coefficient (Wildman–Crippen LogP) is -4.57. The van der Waals surface area contributed by atoms with E-state index in [0.717, 1.165) is 0 Å². The van der Waals surface area contributed by atoms with Gasteiger partial charge in [0.25, 0.3) is 0 Å². The number of aliphatic hydroxyl groups excluding tert-OH is 2. The maximum absolute atomic E-state index is 12.1. The van der Waals surface area contributed by atoms with Crippen LogP contribution in [0.15, 0.2) is 12.5 Å². The summed E-state index contributed by atoms with van der Waals surface area (Å²) in [7, 11) is 0. The van der Waals surface area contributed by atoms with Crippen molar-refractivity contribution < 1.29 is 34.5 Å². The Morgan fingerprint density at radius 1 is 1.11 bits per heavy atom.